The molecule has 0 aromatic heterocycles. The number of aryl methyl sites for hydroxylation is 4. The van der Waals surface area contributed by atoms with E-state index >= 15 is 0 Å². The van der Waals surface area contributed by atoms with Crippen molar-refractivity contribution in [1.29, 1.82) is 0 Å². The van der Waals surface area contributed by atoms with Gasteiger partial charge in [0.1, 0.15) is 0 Å². The van der Waals surface area contributed by atoms with Crippen LogP contribution in [0.5, 0.6) is 0 Å². The summed E-state index contributed by atoms with van der Waals surface area (Å²) in [7, 11) is 0. The van der Waals surface area contributed by atoms with Crippen molar-refractivity contribution in [3.05, 3.63) is 119 Å². The summed E-state index contributed by atoms with van der Waals surface area (Å²) in [6.07, 6.45) is 0. The molecule has 0 nitrogen and oxygen atoms in total. The third-order valence-corrected chi connectivity index (χ3v) is 5.80. The maximum atomic E-state index is 2.26. The van der Waals surface area contributed by atoms with Crippen LogP contribution in [0.4, 0.5) is 0 Å². The Kier molecular flexibility index (Phi) is 5.68. The van der Waals surface area contributed by atoms with Crippen LogP contribution in [0.3, 0.4) is 0 Å². The van der Waals surface area contributed by atoms with E-state index in [0.717, 1.165) is 0 Å². The standard InChI is InChI=1S/C15H12.C15H16/c1-11-10-12-6-2-3-8-14(12)15-9-5-4-7-13(11)15;1-11-8-9-13(3)15(10-11)14-7-5-4-6-12(14)2/h2-10H,1H3;4-10H,1-3H3. The monoisotopic (exact) mass is 388 g/mol. The normalized spacial score (nSPS) is 10.7. The zero-order valence-corrected chi connectivity index (χ0v) is 18.2. The molecule has 148 valence electrons. The molecule has 0 heteroatoms. The first kappa shape index (κ1) is 19.9. The fraction of sp³-hybridized carbons (Fsp3) is 0.133. The molecule has 5 aromatic rings. The minimum Gasteiger partial charge on any atom is -0.0620 e. The average molecular weight is 389 g/mol. The van der Waals surface area contributed by atoms with Crippen LogP contribution >= 0.6 is 0 Å². The van der Waals surface area contributed by atoms with E-state index in [2.05, 4.69) is 125 Å². The largest absolute Gasteiger partial charge is 0.0620 e. The van der Waals surface area contributed by atoms with Crippen molar-refractivity contribution in [2.24, 2.45) is 0 Å². The Morgan fingerprint density at radius 1 is 0.400 bits per heavy atom. The van der Waals surface area contributed by atoms with Gasteiger partial charge in [-0.1, -0.05) is 103 Å². The van der Waals surface area contributed by atoms with Gasteiger partial charge in [0.2, 0.25) is 0 Å². The summed E-state index contributed by atoms with van der Waals surface area (Å²) in [5.41, 5.74) is 8.05. The molecule has 0 atom stereocenters. The Labute approximate surface area is 179 Å². The van der Waals surface area contributed by atoms with Gasteiger partial charge in [-0.15, -0.1) is 0 Å². The number of hydrogen-bond acceptors (Lipinski definition) is 0. The lowest BCUT2D eigenvalue weighted by Gasteiger charge is -2.09. The highest BCUT2D eigenvalue weighted by Crippen LogP contribution is 2.28. The van der Waals surface area contributed by atoms with Crippen molar-refractivity contribution in [2.45, 2.75) is 27.7 Å². The molecule has 0 heterocycles. The van der Waals surface area contributed by atoms with Crippen LogP contribution < -0.4 is 0 Å². The van der Waals surface area contributed by atoms with E-state index < -0.39 is 0 Å². The first-order chi connectivity index (χ1) is 14.5. The summed E-state index contributed by atoms with van der Waals surface area (Å²) >= 11 is 0. The van der Waals surface area contributed by atoms with Gasteiger partial charge in [-0.3, -0.25) is 0 Å². The Morgan fingerprint density at radius 3 is 1.77 bits per heavy atom. The summed E-state index contributed by atoms with van der Waals surface area (Å²) < 4.78 is 0. The third kappa shape index (κ3) is 4.00. The van der Waals surface area contributed by atoms with E-state index in [-0.39, 0.29) is 0 Å². The van der Waals surface area contributed by atoms with E-state index in [4.69, 9.17) is 0 Å². The van der Waals surface area contributed by atoms with E-state index in [9.17, 15) is 0 Å². The second-order valence-corrected chi connectivity index (χ2v) is 8.09. The molecule has 0 unspecified atom stereocenters. The predicted molar refractivity (Wildman–Crippen MR) is 132 cm³/mol. The minimum atomic E-state index is 1.32. The molecule has 0 aliphatic carbocycles. The van der Waals surface area contributed by atoms with E-state index in [0.29, 0.717) is 0 Å². The van der Waals surface area contributed by atoms with Crippen LogP contribution in [0.2, 0.25) is 0 Å². The SMILES string of the molecule is Cc1cc2ccccc2c2ccccc12.Cc1ccc(C)c(-c2ccccc2C)c1. The molecule has 30 heavy (non-hydrogen) atoms. The van der Waals surface area contributed by atoms with Gasteiger partial charge in [0.15, 0.2) is 0 Å². The molecular weight excluding hydrogens is 360 g/mol. The number of hydrogen-bond donors (Lipinski definition) is 0. The Hall–Kier alpha value is -3.38. The molecule has 0 N–H and O–H groups in total. The smallest absolute Gasteiger partial charge is 0.0103 e. The highest BCUT2D eigenvalue weighted by Gasteiger charge is 2.04. The van der Waals surface area contributed by atoms with Gasteiger partial charge in [-0.05, 0) is 77.1 Å². The molecule has 0 aliphatic rings. The molecular formula is C30H28. The predicted octanol–water partition coefficient (Wildman–Crippen LogP) is 8.58. The van der Waals surface area contributed by atoms with Crippen LogP contribution in [0.25, 0.3) is 32.7 Å². The van der Waals surface area contributed by atoms with E-state index in [1.807, 2.05) is 0 Å². The summed E-state index contributed by atoms with van der Waals surface area (Å²) in [6, 6.07) is 34.6. The lowest BCUT2D eigenvalue weighted by molar-refractivity contribution is 1.37. The molecule has 0 fully saturated rings. The highest BCUT2D eigenvalue weighted by molar-refractivity contribution is 6.08. The number of fused-ring (bicyclic) bond motifs is 3. The molecule has 0 bridgehead atoms. The van der Waals surface area contributed by atoms with Crippen molar-refractivity contribution in [1.82, 2.24) is 0 Å². The third-order valence-electron chi connectivity index (χ3n) is 5.80. The maximum Gasteiger partial charge on any atom is -0.0103 e. The van der Waals surface area contributed by atoms with E-state index in [1.165, 1.54) is 54.9 Å². The van der Waals surface area contributed by atoms with Crippen molar-refractivity contribution >= 4 is 21.5 Å². The van der Waals surface area contributed by atoms with Crippen molar-refractivity contribution in [2.75, 3.05) is 0 Å². The van der Waals surface area contributed by atoms with Gasteiger partial charge in [0, 0.05) is 0 Å². The van der Waals surface area contributed by atoms with Crippen molar-refractivity contribution in [3.8, 4) is 11.1 Å². The first-order valence-corrected chi connectivity index (χ1v) is 10.5. The van der Waals surface area contributed by atoms with E-state index in [1.54, 1.807) is 0 Å². The van der Waals surface area contributed by atoms with Crippen molar-refractivity contribution < 1.29 is 0 Å². The molecule has 5 aromatic carbocycles. The quantitative estimate of drug-likeness (QED) is 0.252. The minimum absolute atomic E-state index is 1.32. The Bertz CT molecular complexity index is 1320. The molecule has 0 saturated heterocycles. The second kappa shape index (κ2) is 8.55. The second-order valence-electron chi connectivity index (χ2n) is 8.09. The van der Waals surface area contributed by atoms with Gasteiger partial charge in [-0.2, -0.15) is 0 Å². The number of benzene rings is 5. The zero-order valence-electron chi connectivity index (χ0n) is 18.2. The van der Waals surface area contributed by atoms with Gasteiger partial charge in [0.05, 0.1) is 0 Å². The summed E-state index contributed by atoms with van der Waals surface area (Å²) in [4.78, 5) is 0. The average Bonchev–Trinajstić information content (AvgIpc) is 2.77. The topological polar surface area (TPSA) is 0 Å². The Morgan fingerprint density at radius 2 is 1.00 bits per heavy atom. The van der Waals surface area contributed by atoms with Gasteiger partial charge >= 0.3 is 0 Å². The first-order valence-electron chi connectivity index (χ1n) is 10.5. The summed E-state index contributed by atoms with van der Waals surface area (Å²) in [5.74, 6) is 0. The lowest BCUT2D eigenvalue weighted by atomic mass is 9.95. The molecule has 0 spiro atoms. The maximum absolute atomic E-state index is 2.26. The highest BCUT2D eigenvalue weighted by atomic mass is 14.1. The molecule has 0 saturated carbocycles. The van der Waals surface area contributed by atoms with Crippen LogP contribution in [0.15, 0.2) is 97.1 Å². The van der Waals surface area contributed by atoms with Crippen LogP contribution in [-0.2, 0) is 0 Å². The van der Waals surface area contributed by atoms with Crippen LogP contribution in [-0.4, -0.2) is 0 Å². The number of rotatable bonds is 1. The fourth-order valence-electron chi connectivity index (χ4n) is 4.14. The molecule has 0 amide bonds. The summed E-state index contributed by atoms with van der Waals surface area (Å²) in [6.45, 7) is 8.65. The van der Waals surface area contributed by atoms with Crippen LogP contribution in [0, 0.1) is 27.7 Å². The van der Waals surface area contributed by atoms with Gasteiger partial charge in [0.25, 0.3) is 0 Å². The van der Waals surface area contributed by atoms with Gasteiger partial charge < -0.3 is 0 Å². The summed E-state index contributed by atoms with van der Waals surface area (Å²) in [5, 5.41) is 5.39. The van der Waals surface area contributed by atoms with Crippen molar-refractivity contribution in [3.63, 3.8) is 0 Å². The van der Waals surface area contributed by atoms with Crippen LogP contribution in [0.1, 0.15) is 22.3 Å². The molecule has 5 rings (SSSR count). The Balaban J connectivity index is 0.000000145. The lowest BCUT2D eigenvalue weighted by Crippen LogP contribution is -1.87. The fourth-order valence-corrected chi connectivity index (χ4v) is 4.14. The zero-order chi connectivity index (χ0) is 21.1. The van der Waals surface area contributed by atoms with Gasteiger partial charge in [-0.25, -0.2) is 0 Å². The molecule has 0 aliphatic heterocycles. The molecule has 0 radical (unpaired) electrons.